The Balaban J connectivity index is 1.57. The van der Waals surface area contributed by atoms with E-state index in [1.54, 1.807) is 16.8 Å². The maximum atomic E-state index is 13.6. The summed E-state index contributed by atoms with van der Waals surface area (Å²) in [6.07, 6.45) is 8.10. The predicted molar refractivity (Wildman–Crippen MR) is 122 cm³/mol. The molecule has 1 aromatic heterocycles. The molecule has 164 valence electrons. The van der Waals surface area contributed by atoms with Crippen molar-refractivity contribution in [2.24, 2.45) is 5.92 Å². The van der Waals surface area contributed by atoms with Gasteiger partial charge in [-0.05, 0) is 88.4 Å². The van der Waals surface area contributed by atoms with Gasteiger partial charge in [0, 0.05) is 35.6 Å². The average Bonchev–Trinajstić information content (AvgIpc) is 3.69. The van der Waals surface area contributed by atoms with Gasteiger partial charge in [-0.3, -0.25) is 18.7 Å². The number of hydrogen-bond acceptors (Lipinski definition) is 6. The minimum Gasteiger partial charge on any atom is -0.308 e. The van der Waals surface area contributed by atoms with E-state index in [9.17, 15) is 14.9 Å². The zero-order valence-electron chi connectivity index (χ0n) is 18.1. The van der Waals surface area contributed by atoms with E-state index in [1.807, 2.05) is 29.7 Å². The molecule has 8 heteroatoms. The van der Waals surface area contributed by atoms with Gasteiger partial charge >= 0.3 is 5.69 Å². The quantitative estimate of drug-likeness (QED) is 0.550. The highest BCUT2D eigenvalue weighted by Crippen LogP contribution is 2.38. The highest BCUT2D eigenvalue weighted by atomic mass is 32.2. The first-order valence-corrected chi connectivity index (χ1v) is 12.1. The molecule has 0 spiro atoms. The van der Waals surface area contributed by atoms with Crippen LogP contribution in [0.15, 0.2) is 32.7 Å². The number of fused-ring (bicyclic) bond motifs is 1. The van der Waals surface area contributed by atoms with Gasteiger partial charge in [0.2, 0.25) is 0 Å². The second kappa shape index (κ2) is 7.72. The first kappa shape index (κ1) is 20.7. The molecular formula is C23H29N5O2S. The van der Waals surface area contributed by atoms with Crippen LogP contribution in [-0.4, -0.2) is 32.2 Å². The second-order valence-electron chi connectivity index (χ2n) is 9.78. The Morgan fingerprint density at radius 3 is 2.68 bits per heavy atom. The summed E-state index contributed by atoms with van der Waals surface area (Å²) in [6, 6.07) is 5.73. The van der Waals surface area contributed by atoms with Gasteiger partial charge in [-0.25, -0.2) is 4.79 Å². The highest BCUT2D eigenvalue weighted by molar-refractivity contribution is 7.97. The standard InChI is InChI=1S/C23H29N5O2S/c1-15-11-17(7-10-26(15)14-24)28-21(29)19-12-18(31-25-23(2)8-9-23)5-6-20(19)27(22(28)30)13-16-3-4-16/h5-6,12,15-17,25H,3-4,7-11,13H2,1-2H3. The van der Waals surface area contributed by atoms with Gasteiger partial charge < -0.3 is 4.90 Å². The summed E-state index contributed by atoms with van der Waals surface area (Å²) >= 11 is 1.57. The Morgan fingerprint density at radius 1 is 1.26 bits per heavy atom. The summed E-state index contributed by atoms with van der Waals surface area (Å²) in [7, 11) is 0. The predicted octanol–water partition coefficient (Wildman–Crippen LogP) is 3.23. The summed E-state index contributed by atoms with van der Waals surface area (Å²) in [6.45, 7) is 5.44. The van der Waals surface area contributed by atoms with Crippen LogP contribution in [0.4, 0.5) is 0 Å². The molecule has 3 aliphatic rings. The third-order valence-corrected chi connectivity index (χ3v) is 8.12. The molecule has 2 saturated carbocycles. The van der Waals surface area contributed by atoms with E-state index in [-0.39, 0.29) is 28.9 Å². The van der Waals surface area contributed by atoms with Gasteiger partial charge in [-0.1, -0.05) is 0 Å². The number of nitriles is 1. The van der Waals surface area contributed by atoms with E-state index >= 15 is 0 Å². The SMILES string of the molecule is CC1CC(n2c(=O)c3cc(SNC4(C)CC4)ccc3n(CC3CC3)c2=O)CCN1C#N. The summed E-state index contributed by atoms with van der Waals surface area (Å²) in [5.74, 6) is 0.525. The topological polar surface area (TPSA) is 83.1 Å². The van der Waals surface area contributed by atoms with Crippen molar-refractivity contribution in [2.75, 3.05) is 6.54 Å². The number of piperidine rings is 1. The average molecular weight is 440 g/mol. The zero-order chi connectivity index (χ0) is 21.8. The van der Waals surface area contributed by atoms with E-state index in [0.717, 1.165) is 23.3 Å². The van der Waals surface area contributed by atoms with Crippen LogP contribution >= 0.6 is 11.9 Å². The number of benzene rings is 1. The van der Waals surface area contributed by atoms with Crippen LogP contribution in [0.3, 0.4) is 0 Å². The fourth-order valence-corrected chi connectivity index (χ4v) is 5.38. The molecule has 2 aliphatic carbocycles. The van der Waals surface area contributed by atoms with Crippen LogP contribution in [0, 0.1) is 17.4 Å². The van der Waals surface area contributed by atoms with Gasteiger partial charge in [0.15, 0.2) is 6.19 Å². The lowest BCUT2D eigenvalue weighted by molar-refractivity contribution is 0.182. The molecule has 31 heavy (non-hydrogen) atoms. The fraction of sp³-hybridized carbons (Fsp3) is 0.609. The van der Waals surface area contributed by atoms with Crippen molar-refractivity contribution in [1.82, 2.24) is 18.8 Å². The first-order chi connectivity index (χ1) is 14.9. The lowest BCUT2D eigenvalue weighted by atomic mass is 9.98. The van der Waals surface area contributed by atoms with Crippen LogP contribution < -0.4 is 16.0 Å². The van der Waals surface area contributed by atoms with Gasteiger partial charge in [-0.15, -0.1) is 0 Å². The molecule has 2 aromatic rings. The van der Waals surface area contributed by atoms with Crippen molar-refractivity contribution in [3.8, 4) is 6.19 Å². The zero-order valence-corrected chi connectivity index (χ0v) is 19.0. The normalized spacial score (nSPS) is 24.9. The summed E-state index contributed by atoms with van der Waals surface area (Å²) in [5, 5.41) is 9.91. The van der Waals surface area contributed by atoms with Crippen LogP contribution in [0.25, 0.3) is 10.9 Å². The third kappa shape index (κ3) is 4.01. The molecule has 0 amide bonds. The van der Waals surface area contributed by atoms with E-state index in [1.165, 1.54) is 17.4 Å². The molecule has 1 saturated heterocycles. The van der Waals surface area contributed by atoms with Gasteiger partial charge in [0.25, 0.3) is 5.56 Å². The number of likely N-dealkylation sites (tertiary alicyclic amines) is 1. The third-order valence-electron chi connectivity index (χ3n) is 7.04. The lowest BCUT2D eigenvalue weighted by Crippen LogP contribution is -2.47. The molecule has 1 N–H and O–H groups in total. The Morgan fingerprint density at radius 2 is 2.03 bits per heavy atom. The second-order valence-corrected chi connectivity index (χ2v) is 10.7. The van der Waals surface area contributed by atoms with E-state index in [0.29, 0.717) is 37.2 Å². The van der Waals surface area contributed by atoms with Crippen molar-refractivity contribution < 1.29 is 0 Å². The number of aromatic nitrogens is 2. The highest BCUT2D eigenvalue weighted by Gasteiger charge is 2.37. The fourth-order valence-electron chi connectivity index (χ4n) is 4.49. The van der Waals surface area contributed by atoms with Crippen molar-refractivity contribution in [1.29, 1.82) is 5.26 Å². The van der Waals surface area contributed by atoms with E-state index in [2.05, 4.69) is 17.8 Å². The monoisotopic (exact) mass is 439 g/mol. The molecule has 3 fully saturated rings. The van der Waals surface area contributed by atoms with Gasteiger partial charge in [-0.2, -0.15) is 5.26 Å². The smallest absolute Gasteiger partial charge is 0.308 e. The molecule has 1 aromatic carbocycles. The Hall–Kier alpha value is -2.24. The Kier molecular flexibility index (Phi) is 5.14. The Labute approximate surface area is 186 Å². The maximum Gasteiger partial charge on any atom is 0.331 e. The lowest BCUT2D eigenvalue weighted by Gasteiger charge is -2.34. The molecule has 2 unspecified atom stereocenters. The number of nitrogens with one attached hydrogen (secondary N) is 1. The minimum absolute atomic E-state index is 0.0213. The summed E-state index contributed by atoms with van der Waals surface area (Å²) < 4.78 is 6.81. The van der Waals surface area contributed by atoms with E-state index in [4.69, 9.17) is 0 Å². The number of nitrogens with zero attached hydrogens (tertiary/aromatic N) is 4. The molecule has 5 rings (SSSR count). The number of hydrogen-bond donors (Lipinski definition) is 1. The summed E-state index contributed by atoms with van der Waals surface area (Å²) in [5.41, 5.74) is 0.531. The first-order valence-electron chi connectivity index (χ1n) is 11.3. The molecule has 1 aliphatic heterocycles. The van der Waals surface area contributed by atoms with Crippen molar-refractivity contribution >= 4 is 22.9 Å². The van der Waals surface area contributed by atoms with Crippen molar-refractivity contribution in [2.45, 2.75) is 81.4 Å². The van der Waals surface area contributed by atoms with Crippen LogP contribution in [0.2, 0.25) is 0 Å². The van der Waals surface area contributed by atoms with Crippen molar-refractivity contribution in [3.63, 3.8) is 0 Å². The van der Waals surface area contributed by atoms with Crippen molar-refractivity contribution in [3.05, 3.63) is 39.0 Å². The van der Waals surface area contributed by atoms with Gasteiger partial charge in [0.05, 0.1) is 10.9 Å². The molecule has 0 bridgehead atoms. The molecule has 2 atom stereocenters. The molecule has 0 radical (unpaired) electrons. The Bertz CT molecular complexity index is 1170. The van der Waals surface area contributed by atoms with Crippen LogP contribution in [0.5, 0.6) is 0 Å². The largest absolute Gasteiger partial charge is 0.331 e. The van der Waals surface area contributed by atoms with Crippen LogP contribution in [0.1, 0.15) is 58.4 Å². The van der Waals surface area contributed by atoms with Gasteiger partial charge in [0.1, 0.15) is 0 Å². The molecular weight excluding hydrogens is 410 g/mol. The van der Waals surface area contributed by atoms with E-state index < -0.39 is 0 Å². The summed E-state index contributed by atoms with van der Waals surface area (Å²) in [4.78, 5) is 29.8. The molecule has 2 heterocycles. The maximum absolute atomic E-state index is 13.6. The van der Waals surface area contributed by atoms with Crippen LogP contribution in [-0.2, 0) is 6.54 Å². The number of rotatable bonds is 6. The molecule has 7 nitrogen and oxygen atoms in total. The minimum atomic E-state index is -0.199.